The Bertz CT molecular complexity index is 526. The van der Waals surface area contributed by atoms with Crippen LogP contribution in [0.1, 0.15) is 5.56 Å². The number of nitro groups is 1. The average molecular weight is 236 g/mol. The van der Waals surface area contributed by atoms with Gasteiger partial charge in [0.1, 0.15) is 0 Å². The van der Waals surface area contributed by atoms with Crippen molar-refractivity contribution >= 4 is 11.4 Å². The van der Waals surface area contributed by atoms with E-state index >= 15 is 0 Å². The van der Waals surface area contributed by atoms with E-state index in [1.807, 2.05) is 0 Å². The number of anilines is 1. The third kappa shape index (κ3) is 2.60. The maximum atomic E-state index is 13.4. The number of halogens is 1. The topological polar surface area (TPSA) is 68.3 Å². The minimum Gasteiger partial charge on any atom is -0.472 e. The zero-order valence-electron chi connectivity index (χ0n) is 8.72. The van der Waals surface area contributed by atoms with Gasteiger partial charge in [-0.2, -0.15) is 0 Å². The summed E-state index contributed by atoms with van der Waals surface area (Å²) in [6.07, 6.45) is 3.06. The highest BCUT2D eigenvalue weighted by Gasteiger charge is 2.10. The van der Waals surface area contributed by atoms with Crippen LogP contribution in [0.2, 0.25) is 0 Å². The van der Waals surface area contributed by atoms with Crippen LogP contribution in [0.3, 0.4) is 0 Å². The molecule has 1 aromatic carbocycles. The first-order chi connectivity index (χ1) is 8.16. The van der Waals surface area contributed by atoms with E-state index < -0.39 is 10.7 Å². The number of furan rings is 1. The number of non-ortho nitro benzene ring substituents is 1. The van der Waals surface area contributed by atoms with Crippen molar-refractivity contribution < 1.29 is 13.7 Å². The van der Waals surface area contributed by atoms with E-state index in [1.54, 1.807) is 6.07 Å². The predicted molar refractivity (Wildman–Crippen MR) is 59.1 cm³/mol. The smallest absolute Gasteiger partial charge is 0.272 e. The van der Waals surface area contributed by atoms with Gasteiger partial charge in [0.25, 0.3) is 5.69 Å². The number of hydrogen-bond acceptors (Lipinski definition) is 4. The molecule has 88 valence electrons. The van der Waals surface area contributed by atoms with Gasteiger partial charge in [-0.05, 0) is 12.1 Å². The van der Waals surface area contributed by atoms with Crippen LogP contribution in [0.15, 0.2) is 41.2 Å². The van der Waals surface area contributed by atoms with Crippen molar-refractivity contribution in [2.45, 2.75) is 6.54 Å². The molecule has 0 radical (unpaired) electrons. The lowest BCUT2D eigenvalue weighted by Crippen LogP contribution is -2.01. The lowest BCUT2D eigenvalue weighted by atomic mass is 10.2. The second kappa shape index (κ2) is 4.65. The van der Waals surface area contributed by atoms with E-state index in [2.05, 4.69) is 5.32 Å². The average Bonchev–Trinajstić information content (AvgIpc) is 2.80. The van der Waals surface area contributed by atoms with Crippen LogP contribution in [0.4, 0.5) is 15.8 Å². The molecule has 0 amide bonds. The standard InChI is InChI=1S/C11H9FN2O3/c12-10-5-9(14(15)16)1-2-11(10)13-6-8-3-4-17-7-8/h1-5,7,13H,6H2. The Morgan fingerprint density at radius 1 is 1.41 bits per heavy atom. The summed E-state index contributed by atoms with van der Waals surface area (Å²) in [6, 6.07) is 5.22. The SMILES string of the molecule is O=[N+]([O-])c1ccc(NCc2ccoc2)c(F)c1. The highest BCUT2D eigenvalue weighted by molar-refractivity contribution is 5.50. The summed E-state index contributed by atoms with van der Waals surface area (Å²) in [5, 5.41) is 13.2. The Morgan fingerprint density at radius 3 is 2.82 bits per heavy atom. The number of nitro benzene ring substituents is 1. The van der Waals surface area contributed by atoms with Crippen LogP contribution in [-0.4, -0.2) is 4.92 Å². The van der Waals surface area contributed by atoms with Gasteiger partial charge in [-0.25, -0.2) is 4.39 Å². The highest BCUT2D eigenvalue weighted by atomic mass is 19.1. The molecular formula is C11H9FN2O3. The van der Waals surface area contributed by atoms with Crippen LogP contribution >= 0.6 is 0 Å². The van der Waals surface area contributed by atoms with Crippen LogP contribution in [0.25, 0.3) is 0 Å². The summed E-state index contributed by atoms with van der Waals surface area (Å²) >= 11 is 0. The Labute approximate surface area is 96.0 Å². The monoisotopic (exact) mass is 236 g/mol. The fourth-order valence-electron chi connectivity index (χ4n) is 1.35. The van der Waals surface area contributed by atoms with Crippen molar-refractivity contribution in [3.63, 3.8) is 0 Å². The molecule has 0 saturated heterocycles. The van der Waals surface area contributed by atoms with E-state index in [9.17, 15) is 14.5 Å². The Kier molecular flexibility index (Phi) is 3.04. The summed E-state index contributed by atoms with van der Waals surface area (Å²) in [4.78, 5) is 9.78. The van der Waals surface area contributed by atoms with Crippen molar-refractivity contribution in [1.29, 1.82) is 0 Å². The Hall–Kier alpha value is -2.37. The molecule has 0 aliphatic carbocycles. The number of benzene rings is 1. The third-order valence-corrected chi connectivity index (χ3v) is 2.23. The Balaban J connectivity index is 2.09. The molecule has 0 atom stereocenters. The van der Waals surface area contributed by atoms with Crippen molar-refractivity contribution in [3.05, 3.63) is 58.3 Å². The first kappa shape index (κ1) is 11.1. The van der Waals surface area contributed by atoms with Crippen LogP contribution in [0, 0.1) is 15.9 Å². The van der Waals surface area contributed by atoms with Crippen LogP contribution in [-0.2, 0) is 6.54 Å². The van der Waals surface area contributed by atoms with Gasteiger partial charge in [-0.1, -0.05) is 0 Å². The molecule has 5 nitrogen and oxygen atoms in total. The lowest BCUT2D eigenvalue weighted by Gasteiger charge is -2.05. The first-order valence-corrected chi connectivity index (χ1v) is 4.85. The van der Waals surface area contributed by atoms with Gasteiger partial charge in [0.05, 0.1) is 29.2 Å². The van der Waals surface area contributed by atoms with Gasteiger partial charge >= 0.3 is 0 Å². The molecule has 0 spiro atoms. The van der Waals surface area contributed by atoms with Crippen molar-refractivity contribution in [3.8, 4) is 0 Å². The molecule has 2 rings (SSSR count). The molecule has 1 N–H and O–H groups in total. The number of nitrogens with zero attached hydrogens (tertiary/aromatic N) is 1. The molecule has 1 aromatic heterocycles. The zero-order chi connectivity index (χ0) is 12.3. The molecule has 0 bridgehead atoms. The number of hydrogen-bond donors (Lipinski definition) is 1. The van der Waals surface area contributed by atoms with E-state index in [4.69, 9.17) is 4.42 Å². The second-order valence-electron chi connectivity index (χ2n) is 3.41. The largest absolute Gasteiger partial charge is 0.472 e. The lowest BCUT2D eigenvalue weighted by molar-refractivity contribution is -0.385. The van der Waals surface area contributed by atoms with Crippen LogP contribution in [0.5, 0.6) is 0 Å². The molecule has 0 unspecified atom stereocenters. The van der Waals surface area contributed by atoms with Gasteiger partial charge in [-0.3, -0.25) is 10.1 Å². The highest BCUT2D eigenvalue weighted by Crippen LogP contribution is 2.20. The molecule has 6 heteroatoms. The van der Waals surface area contributed by atoms with Gasteiger partial charge < -0.3 is 9.73 Å². The third-order valence-electron chi connectivity index (χ3n) is 2.23. The molecule has 0 fully saturated rings. The maximum absolute atomic E-state index is 13.4. The van der Waals surface area contributed by atoms with Gasteiger partial charge in [0, 0.05) is 18.2 Å². The quantitative estimate of drug-likeness (QED) is 0.654. The summed E-state index contributed by atoms with van der Waals surface area (Å²) < 4.78 is 18.3. The maximum Gasteiger partial charge on any atom is 0.272 e. The number of nitrogens with one attached hydrogen (secondary N) is 1. The van der Waals surface area contributed by atoms with Gasteiger partial charge in [0.2, 0.25) is 0 Å². The fraction of sp³-hybridized carbons (Fsp3) is 0.0909. The van der Waals surface area contributed by atoms with E-state index in [0.717, 1.165) is 11.6 Å². The molecule has 17 heavy (non-hydrogen) atoms. The second-order valence-corrected chi connectivity index (χ2v) is 3.41. The molecule has 0 aliphatic rings. The van der Waals surface area contributed by atoms with E-state index in [-0.39, 0.29) is 11.4 Å². The van der Waals surface area contributed by atoms with Gasteiger partial charge in [0.15, 0.2) is 5.82 Å². The Morgan fingerprint density at radius 2 is 2.24 bits per heavy atom. The zero-order valence-corrected chi connectivity index (χ0v) is 8.72. The summed E-state index contributed by atoms with van der Waals surface area (Å²) in [7, 11) is 0. The van der Waals surface area contributed by atoms with Crippen molar-refractivity contribution in [2.24, 2.45) is 0 Å². The molecule has 0 aliphatic heterocycles. The van der Waals surface area contributed by atoms with Gasteiger partial charge in [-0.15, -0.1) is 0 Å². The summed E-state index contributed by atoms with van der Waals surface area (Å²) in [5.41, 5.74) is 0.816. The molecule has 2 aromatic rings. The van der Waals surface area contributed by atoms with Crippen LogP contribution < -0.4 is 5.32 Å². The number of rotatable bonds is 4. The first-order valence-electron chi connectivity index (χ1n) is 4.85. The molecule has 0 saturated carbocycles. The van der Waals surface area contributed by atoms with E-state index in [0.29, 0.717) is 6.54 Å². The van der Waals surface area contributed by atoms with Crippen molar-refractivity contribution in [1.82, 2.24) is 0 Å². The summed E-state index contributed by atoms with van der Waals surface area (Å²) in [6.45, 7) is 0.394. The van der Waals surface area contributed by atoms with Crippen molar-refractivity contribution in [2.75, 3.05) is 5.32 Å². The normalized spacial score (nSPS) is 10.2. The minimum absolute atomic E-state index is 0.219. The molecular weight excluding hydrogens is 227 g/mol. The minimum atomic E-state index is -0.650. The fourth-order valence-corrected chi connectivity index (χ4v) is 1.35. The van der Waals surface area contributed by atoms with E-state index in [1.165, 1.54) is 24.7 Å². The summed E-state index contributed by atoms with van der Waals surface area (Å²) in [5.74, 6) is -0.650. The predicted octanol–water partition coefficient (Wildman–Crippen LogP) is 2.94. The molecule has 1 heterocycles.